The van der Waals surface area contributed by atoms with Gasteiger partial charge < -0.3 is 4.90 Å². The second-order valence-electron chi connectivity index (χ2n) is 4.31. The van der Waals surface area contributed by atoms with Gasteiger partial charge in [0.05, 0.1) is 0 Å². The van der Waals surface area contributed by atoms with Crippen molar-refractivity contribution in [2.45, 2.75) is 40.5 Å². The van der Waals surface area contributed by atoms with E-state index in [9.17, 15) is 4.79 Å². The molecule has 0 atom stereocenters. The van der Waals surface area contributed by atoms with E-state index in [2.05, 4.69) is 11.9 Å². The van der Waals surface area contributed by atoms with E-state index in [1.54, 1.807) is 0 Å². The number of benzene rings is 1. The molecule has 0 aromatic heterocycles. The van der Waals surface area contributed by atoms with Crippen molar-refractivity contribution in [2.24, 2.45) is 5.92 Å². The Morgan fingerprint density at radius 1 is 1.00 bits per heavy atom. The second-order valence-corrected chi connectivity index (χ2v) is 4.31. The molecular formula is C17H29NO. The van der Waals surface area contributed by atoms with E-state index in [0.29, 0.717) is 5.78 Å². The summed E-state index contributed by atoms with van der Waals surface area (Å²) in [5, 5.41) is 0. The first-order valence-corrected chi connectivity index (χ1v) is 7.55. The minimum absolute atomic E-state index is 0.239. The number of hydrogen-bond acceptors (Lipinski definition) is 2. The highest BCUT2D eigenvalue weighted by Crippen LogP contribution is 2.20. The maximum absolute atomic E-state index is 12.1. The number of piperidine rings is 1. The fraction of sp³-hybridized carbons (Fsp3) is 0.588. The van der Waals surface area contributed by atoms with Crippen LogP contribution in [0.4, 0.5) is 0 Å². The first-order chi connectivity index (χ1) is 9.27. The molecule has 1 heterocycles. The third kappa shape index (κ3) is 6.02. The third-order valence-corrected chi connectivity index (χ3v) is 3.15. The van der Waals surface area contributed by atoms with E-state index in [1.165, 1.54) is 0 Å². The first kappa shape index (κ1) is 17.8. The fourth-order valence-electron chi connectivity index (χ4n) is 2.11. The Hall–Kier alpha value is -1.15. The van der Waals surface area contributed by atoms with E-state index in [4.69, 9.17) is 0 Å². The van der Waals surface area contributed by atoms with Gasteiger partial charge in [-0.2, -0.15) is 0 Å². The molecule has 0 bridgehead atoms. The number of nitrogens with zero attached hydrogens (tertiary/aromatic N) is 1. The van der Waals surface area contributed by atoms with Gasteiger partial charge in [0.2, 0.25) is 0 Å². The second kappa shape index (κ2) is 10.7. The molecule has 1 fully saturated rings. The maximum atomic E-state index is 12.1. The molecule has 19 heavy (non-hydrogen) atoms. The van der Waals surface area contributed by atoms with Crippen LogP contribution in [0.25, 0.3) is 0 Å². The molecule has 2 heteroatoms. The van der Waals surface area contributed by atoms with Crippen molar-refractivity contribution in [1.82, 2.24) is 4.90 Å². The lowest BCUT2D eigenvalue weighted by molar-refractivity contribution is 0.0857. The van der Waals surface area contributed by atoms with Crippen LogP contribution in [0.2, 0.25) is 0 Å². The quantitative estimate of drug-likeness (QED) is 0.743. The highest BCUT2D eigenvalue weighted by atomic mass is 16.1. The highest BCUT2D eigenvalue weighted by molar-refractivity contribution is 5.97. The van der Waals surface area contributed by atoms with Gasteiger partial charge in [-0.3, -0.25) is 4.79 Å². The number of carbonyl (C=O) groups is 1. The van der Waals surface area contributed by atoms with Gasteiger partial charge in [-0.25, -0.2) is 0 Å². The lowest BCUT2D eigenvalue weighted by Gasteiger charge is -2.27. The number of ketones is 1. The van der Waals surface area contributed by atoms with E-state index >= 15 is 0 Å². The van der Waals surface area contributed by atoms with Crippen LogP contribution in [-0.2, 0) is 0 Å². The van der Waals surface area contributed by atoms with Gasteiger partial charge in [0.1, 0.15) is 0 Å². The lowest BCUT2D eigenvalue weighted by atomic mass is 9.89. The van der Waals surface area contributed by atoms with Gasteiger partial charge in [-0.05, 0) is 33.0 Å². The SMILES string of the molecule is CC.CC.CN1CCC(C(=O)c2ccccc2)CC1. The largest absolute Gasteiger partial charge is 0.306 e. The minimum Gasteiger partial charge on any atom is -0.306 e. The highest BCUT2D eigenvalue weighted by Gasteiger charge is 2.23. The van der Waals surface area contributed by atoms with Gasteiger partial charge in [0, 0.05) is 11.5 Å². The number of Topliss-reactive ketones (excluding diaryl/α,β-unsaturated/α-hetero) is 1. The van der Waals surface area contributed by atoms with Crippen molar-refractivity contribution in [3.05, 3.63) is 35.9 Å². The number of likely N-dealkylation sites (tertiary alicyclic amines) is 1. The van der Waals surface area contributed by atoms with Crippen LogP contribution in [-0.4, -0.2) is 30.8 Å². The summed E-state index contributed by atoms with van der Waals surface area (Å²) in [6.07, 6.45) is 2.01. The van der Waals surface area contributed by atoms with Gasteiger partial charge >= 0.3 is 0 Å². The van der Waals surface area contributed by atoms with Crippen LogP contribution in [0.1, 0.15) is 50.9 Å². The van der Waals surface area contributed by atoms with Crippen LogP contribution in [0.15, 0.2) is 30.3 Å². The predicted molar refractivity (Wildman–Crippen MR) is 83.7 cm³/mol. The predicted octanol–water partition coefficient (Wildman–Crippen LogP) is 4.26. The zero-order chi connectivity index (χ0) is 14.7. The van der Waals surface area contributed by atoms with E-state index in [0.717, 1.165) is 31.5 Å². The number of rotatable bonds is 2. The topological polar surface area (TPSA) is 20.3 Å². The van der Waals surface area contributed by atoms with Crippen molar-refractivity contribution in [3.8, 4) is 0 Å². The molecule has 0 radical (unpaired) electrons. The van der Waals surface area contributed by atoms with Gasteiger partial charge in [0.15, 0.2) is 5.78 Å². The molecule has 0 aliphatic carbocycles. The van der Waals surface area contributed by atoms with Crippen LogP contribution < -0.4 is 0 Å². The molecule has 1 saturated heterocycles. The Kier molecular flexibility index (Phi) is 10.1. The van der Waals surface area contributed by atoms with E-state index < -0.39 is 0 Å². The zero-order valence-electron chi connectivity index (χ0n) is 13.1. The van der Waals surface area contributed by atoms with Crippen molar-refractivity contribution >= 4 is 5.78 Å². The molecule has 0 spiro atoms. The average Bonchev–Trinajstić information content (AvgIpc) is 2.52. The minimum atomic E-state index is 0.239. The van der Waals surface area contributed by atoms with Gasteiger partial charge in [0.25, 0.3) is 0 Å². The molecular weight excluding hydrogens is 234 g/mol. The zero-order valence-corrected chi connectivity index (χ0v) is 13.1. The summed E-state index contributed by atoms with van der Waals surface area (Å²) in [6, 6.07) is 9.65. The standard InChI is InChI=1S/C13H17NO.2C2H6/c1-14-9-7-12(8-10-14)13(15)11-5-3-2-4-6-11;2*1-2/h2-6,12H,7-10H2,1H3;2*1-2H3. The van der Waals surface area contributed by atoms with Crippen LogP contribution >= 0.6 is 0 Å². The van der Waals surface area contributed by atoms with Gasteiger partial charge in [-0.1, -0.05) is 58.0 Å². The Morgan fingerprint density at radius 3 is 1.95 bits per heavy atom. The third-order valence-electron chi connectivity index (χ3n) is 3.15. The fourth-order valence-corrected chi connectivity index (χ4v) is 2.11. The molecule has 0 amide bonds. The van der Waals surface area contributed by atoms with Crippen molar-refractivity contribution < 1.29 is 4.79 Å². The van der Waals surface area contributed by atoms with Crippen LogP contribution in [0.5, 0.6) is 0 Å². The first-order valence-electron chi connectivity index (χ1n) is 7.55. The summed E-state index contributed by atoms with van der Waals surface area (Å²) in [5.74, 6) is 0.562. The van der Waals surface area contributed by atoms with Crippen molar-refractivity contribution in [1.29, 1.82) is 0 Å². The summed E-state index contributed by atoms with van der Waals surface area (Å²) >= 11 is 0. The molecule has 1 aliphatic rings. The Labute approximate surface area is 118 Å². The van der Waals surface area contributed by atoms with Crippen LogP contribution in [0.3, 0.4) is 0 Å². The summed E-state index contributed by atoms with van der Waals surface area (Å²) in [6.45, 7) is 10.1. The number of hydrogen-bond donors (Lipinski definition) is 0. The molecule has 1 aliphatic heterocycles. The summed E-state index contributed by atoms with van der Waals surface area (Å²) in [4.78, 5) is 14.4. The molecule has 1 aromatic rings. The normalized spacial score (nSPS) is 15.6. The number of carbonyl (C=O) groups excluding carboxylic acids is 1. The molecule has 2 rings (SSSR count). The summed E-state index contributed by atoms with van der Waals surface area (Å²) in [7, 11) is 2.11. The Bertz CT molecular complexity index is 326. The molecule has 2 nitrogen and oxygen atoms in total. The van der Waals surface area contributed by atoms with Crippen molar-refractivity contribution in [2.75, 3.05) is 20.1 Å². The van der Waals surface area contributed by atoms with E-state index in [-0.39, 0.29) is 5.92 Å². The molecule has 108 valence electrons. The average molecular weight is 263 g/mol. The molecule has 0 saturated carbocycles. The van der Waals surface area contributed by atoms with Crippen molar-refractivity contribution in [3.63, 3.8) is 0 Å². The van der Waals surface area contributed by atoms with Gasteiger partial charge in [-0.15, -0.1) is 0 Å². The lowest BCUT2D eigenvalue weighted by Crippen LogP contribution is -2.33. The summed E-state index contributed by atoms with van der Waals surface area (Å²) < 4.78 is 0. The monoisotopic (exact) mass is 263 g/mol. The smallest absolute Gasteiger partial charge is 0.166 e. The maximum Gasteiger partial charge on any atom is 0.166 e. The molecule has 0 unspecified atom stereocenters. The van der Waals surface area contributed by atoms with Crippen LogP contribution in [0, 0.1) is 5.92 Å². The molecule has 0 N–H and O–H groups in total. The Balaban J connectivity index is 0.000000741. The molecule has 1 aromatic carbocycles. The summed E-state index contributed by atoms with van der Waals surface area (Å²) in [5.41, 5.74) is 0.868. The van der Waals surface area contributed by atoms with E-state index in [1.807, 2.05) is 58.0 Å². The Morgan fingerprint density at radius 2 is 1.47 bits per heavy atom.